The maximum Gasteiger partial charge on any atom is 0.265 e. The van der Waals surface area contributed by atoms with E-state index in [2.05, 4.69) is 38.2 Å². The van der Waals surface area contributed by atoms with E-state index in [9.17, 15) is 9.59 Å². The largest absolute Gasteiger partial charge is 0.492 e. The molecule has 2 amide bonds. The molecular formula is C29H32N2O4. The van der Waals surface area contributed by atoms with Gasteiger partial charge in [-0.05, 0) is 53.3 Å². The van der Waals surface area contributed by atoms with Crippen LogP contribution in [0.3, 0.4) is 0 Å². The van der Waals surface area contributed by atoms with Gasteiger partial charge in [-0.1, -0.05) is 63.2 Å². The number of carbonyl (C=O) groups is 2. The minimum atomic E-state index is -0.142. The van der Waals surface area contributed by atoms with Crippen LogP contribution in [0, 0.1) is 0 Å². The van der Waals surface area contributed by atoms with E-state index in [-0.39, 0.29) is 23.8 Å². The summed E-state index contributed by atoms with van der Waals surface area (Å²) < 4.78 is 11.5. The van der Waals surface area contributed by atoms with Crippen molar-refractivity contribution in [3.63, 3.8) is 0 Å². The molecule has 4 rings (SSSR count). The molecule has 6 heteroatoms. The van der Waals surface area contributed by atoms with Gasteiger partial charge in [-0.2, -0.15) is 0 Å². The number of nitrogens with one attached hydrogen (secondary N) is 1. The number of hydrogen-bond acceptors (Lipinski definition) is 4. The molecule has 0 saturated heterocycles. The Balaban J connectivity index is 1.37. The second-order valence-corrected chi connectivity index (χ2v) is 9.67. The maximum atomic E-state index is 12.6. The zero-order valence-corrected chi connectivity index (χ0v) is 20.5. The van der Waals surface area contributed by atoms with Gasteiger partial charge in [-0.25, -0.2) is 0 Å². The zero-order valence-electron chi connectivity index (χ0n) is 20.5. The quantitative estimate of drug-likeness (QED) is 0.479. The van der Waals surface area contributed by atoms with E-state index in [1.54, 1.807) is 23.1 Å². The van der Waals surface area contributed by atoms with E-state index >= 15 is 0 Å². The van der Waals surface area contributed by atoms with Gasteiger partial charge in [-0.15, -0.1) is 0 Å². The molecule has 1 heterocycles. The molecule has 0 aliphatic carbocycles. The summed E-state index contributed by atoms with van der Waals surface area (Å²) in [5, 5.41) is 2.93. The molecule has 6 nitrogen and oxygen atoms in total. The van der Waals surface area contributed by atoms with Crippen LogP contribution in [0.2, 0.25) is 0 Å². The summed E-state index contributed by atoms with van der Waals surface area (Å²) in [5.41, 5.74) is 3.70. The molecule has 0 unspecified atom stereocenters. The third kappa shape index (κ3) is 6.41. The Hall–Kier alpha value is -3.80. The molecular weight excluding hydrogens is 440 g/mol. The highest BCUT2D eigenvalue weighted by Crippen LogP contribution is 2.34. The molecule has 0 radical (unpaired) electrons. The Morgan fingerprint density at radius 2 is 1.77 bits per heavy atom. The topological polar surface area (TPSA) is 67.9 Å². The lowest BCUT2D eigenvalue weighted by Crippen LogP contribution is -2.41. The van der Waals surface area contributed by atoms with Crippen LogP contribution in [-0.4, -0.2) is 31.6 Å². The van der Waals surface area contributed by atoms with Crippen molar-refractivity contribution in [2.24, 2.45) is 0 Å². The number of benzene rings is 3. The second kappa shape index (κ2) is 10.6. The van der Waals surface area contributed by atoms with Gasteiger partial charge < -0.3 is 19.7 Å². The van der Waals surface area contributed by atoms with Crippen LogP contribution in [0.25, 0.3) is 0 Å². The van der Waals surface area contributed by atoms with Gasteiger partial charge in [0.25, 0.3) is 5.91 Å². The van der Waals surface area contributed by atoms with Gasteiger partial charge in [0.2, 0.25) is 5.91 Å². The van der Waals surface area contributed by atoms with Gasteiger partial charge in [0.05, 0.1) is 12.2 Å². The molecule has 0 spiro atoms. The van der Waals surface area contributed by atoms with Gasteiger partial charge >= 0.3 is 0 Å². The lowest BCUT2D eigenvalue weighted by atomic mass is 9.87. The summed E-state index contributed by atoms with van der Waals surface area (Å²) in [5.74, 6) is 1.15. The lowest BCUT2D eigenvalue weighted by Gasteiger charge is -2.29. The van der Waals surface area contributed by atoms with Gasteiger partial charge in [0, 0.05) is 12.1 Å². The number of ether oxygens (including phenoxy) is 2. The standard InChI is InChI=1S/C29H32N2O4/c1-29(2,3)22-10-13-24(14-11-22)34-18-17-31-25-19-23(12-15-26(25)35-20-28(31)33)30-27(32)16-9-21-7-5-4-6-8-21/h4-8,10-15,19H,9,16-18,20H2,1-3H3,(H,30,32). The van der Waals surface area contributed by atoms with Crippen molar-refractivity contribution >= 4 is 23.2 Å². The first-order valence-corrected chi connectivity index (χ1v) is 11.9. The summed E-state index contributed by atoms with van der Waals surface area (Å²) >= 11 is 0. The fourth-order valence-electron chi connectivity index (χ4n) is 3.96. The predicted octanol–water partition coefficient (Wildman–Crippen LogP) is 5.36. The van der Waals surface area contributed by atoms with Crippen molar-refractivity contribution < 1.29 is 19.1 Å². The molecule has 3 aromatic rings. The minimum absolute atomic E-state index is 0.0178. The molecule has 3 aromatic carbocycles. The summed E-state index contributed by atoms with van der Waals surface area (Å²) in [6.45, 7) is 7.21. The Kier molecular flexibility index (Phi) is 7.39. The van der Waals surface area contributed by atoms with E-state index in [1.165, 1.54) is 5.56 Å². The van der Waals surface area contributed by atoms with Crippen molar-refractivity contribution in [2.75, 3.05) is 30.0 Å². The van der Waals surface area contributed by atoms with Crippen LogP contribution >= 0.6 is 0 Å². The van der Waals surface area contributed by atoms with E-state index in [0.29, 0.717) is 43.1 Å². The highest BCUT2D eigenvalue weighted by molar-refractivity contribution is 5.99. The number of anilines is 2. The van der Waals surface area contributed by atoms with E-state index < -0.39 is 0 Å². The summed E-state index contributed by atoms with van der Waals surface area (Å²) in [4.78, 5) is 26.7. The van der Waals surface area contributed by atoms with E-state index in [4.69, 9.17) is 9.47 Å². The normalized spacial score (nSPS) is 13.1. The Bertz CT molecular complexity index is 1170. The monoisotopic (exact) mass is 472 g/mol. The number of nitrogens with zero attached hydrogens (tertiary/aromatic N) is 1. The van der Waals surface area contributed by atoms with Crippen LogP contribution in [0.4, 0.5) is 11.4 Å². The summed E-state index contributed by atoms with van der Waals surface area (Å²) in [6, 6.07) is 23.3. The fourth-order valence-corrected chi connectivity index (χ4v) is 3.96. The molecule has 35 heavy (non-hydrogen) atoms. The number of amides is 2. The number of rotatable bonds is 8. The molecule has 0 aromatic heterocycles. The van der Waals surface area contributed by atoms with Crippen LogP contribution in [0.15, 0.2) is 72.8 Å². The molecule has 0 bridgehead atoms. The molecule has 0 atom stereocenters. The van der Waals surface area contributed by atoms with Crippen LogP contribution in [-0.2, 0) is 21.4 Å². The minimum Gasteiger partial charge on any atom is -0.492 e. The van der Waals surface area contributed by atoms with Crippen LogP contribution in [0.1, 0.15) is 38.3 Å². The average Bonchev–Trinajstić information content (AvgIpc) is 2.84. The van der Waals surface area contributed by atoms with Crippen LogP contribution in [0.5, 0.6) is 11.5 Å². The first-order chi connectivity index (χ1) is 16.8. The average molecular weight is 473 g/mol. The Labute approximate surface area is 206 Å². The number of hydrogen-bond donors (Lipinski definition) is 1. The zero-order chi connectivity index (χ0) is 24.8. The molecule has 0 saturated carbocycles. The van der Waals surface area contributed by atoms with E-state index in [0.717, 1.165) is 11.3 Å². The summed E-state index contributed by atoms with van der Waals surface area (Å²) in [7, 11) is 0. The Morgan fingerprint density at radius 1 is 1.03 bits per heavy atom. The fraction of sp³-hybridized carbons (Fsp3) is 0.310. The van der Waals surface area contributed by atoms with Gasteiger partial charge in [-0.3, -0.25) is 9.59 Å². The first-order valence-electron chi connectivity index (χ1n) is 11.9. The number of fused-ring (bicyclic) bond motifs is 1. The van der Waals surface area contributed by atoms with Crippen molar-refractivity contribution in [2.45, 2.75) is 39.0 Å². The number of aryl methyl sites for hydroxylation is 1. The smallest absolute Gasteiger partial charge is 0.265 e. The Morgan fingerprint density at radius 3 is 2.49 bits per heavy atom. The summed E-state index contributed by atoms with van der Waals surface area (Å²) in [6.07, 6.45) is 1.04. The second-order valence-electron chi connectivity index (χ2n) is 9.67. The van der Waals surface area contributed by atoms with Crippen LogP contribution < -0.4 is 19.7 Å². The van der Waals surface area contributed by atoms with Crippen molar-refractivity contribution in [1.29, 1.82) is 0 Å². The maximum absolute atomic E-state index is 12.6. The SMILES string of the molecule is CC(C)(C)c1ccc(OCCN2C(=O)COc3ccc(NC(=O)CCc4ccccc4)cc32)cc1. The lowest BCUT2D eigenvalue weighted by molar-refractivity contribution is -0.121. The molecule has 1 aliphatic rings. The van der Waals surface area contributed by atoms with Gasteiger partial charge in [0.15, 0.2) is 6.61 Å². The first kappa shape index (κ1) is 24.3. The third-order valence-corrected chi connectivity index (χ3v) is 5.97. The van der Waals surface area contributed by atoms with Gasteiger partial charge in [0.1, 0.15) is 18.1 Å². The van der Waals surface area contributed by atoms with Crippen molar-refractivity contribution in [3.8, 4) is 11.5 Å². The molecule has 1 aliphatic heterocycles. The highest BCUT2D eigenvalue weighted by atomic mass is 16.5. The number of carbonyl (C=O) groups excluding carboxylic acids is 2. The predicted molar refractivity (Wildman–Crippen MR) is 138 cm³/mol. The molecule has 1 N–H and O–H groups in total. The van der Waals surface area contributed by atoms with Crippen molar-refractivity contribution in [3.05, 3.63) is 83.9 Å². The third-order valence-electron chi connectivity index (χ3n) is 5.97. The highest BCUT2D eigenvalue weighted by Gasteiger charge is 2.26. The van der Waals surface area contributed by atoms with Crippen molar-refractivity contribution in [1.82, 2.24) is 0 Å². The molecule has 0 fully saturated rings. The van der Waals surface area contributed by atoms with E-state index in [1.807, 2.05) is 42.5 Å². The molecule has 182 valence electrons.